The van der Waals surface area contributed by atoms with Crippen molar-refractivity contribution in [1.82, 2.24) is 15.1 Å². The van der Waals surface area contributed by atoms with Crippen molar-refractivity contribution < 1.29 is 18.4 Å². The number of nitrogens with one attached hydrogen (secondary N) is 1. The number of likely N-dealkylation sites (tertiary alicyclic amines) is 1. The van der Waals surface area contributed by atoms with E-state index in [0.717, 1.165) is 12.0 Å². The lowest BCUT2D eigenvalue weighted by molar-refractivity contribution is -0.124. The van der Waals surface area contributed by atoms with Gasteiger partial charge in [0.05, 0.1) is 0 Å². The van der Waals surface area contributed by atoms with Crippen LogP contribution < -0.4 is 11.1 Å². The molecule has 0 radical (unpaired) electrons. The van der Waals surface area contributed by atoms with Gasteiger partial charge in [-0.1, -0.05) is 42.5 Å². The van der Waals surface area contributed by atoms with Gasteiger partial charge in [0, 0.05) is 44.3 Å². The van der Waals surface area contributed by atoms with E-state index in [9.17, 15) is 18.4 Å². The van der Waals surface area contributed by atoms with Gasteiger partial charge in [-0.05, 0) is 60.4 Å². The van der Waals surface area contributed by atoms with Crippen LogP contribution >= 0.6 is 0 Å². The molecule has 2 unspecified atom stereocenters. The third-order valence-electron chi connectivity index (χ3n) is 6.72. The van der Waals surface area contributed by atoms with E-state index < -0.39 is 11.9 Å². The average Bonchev–Trinajstić information content (AvgIpc) is 3.37. The normalized spacial score (nSPS) is 17.2. The van der Waals surface area contributed by atoms with Crippen molar-refractivity contribution in [2.75, 3.05) is 26.2 Å². The summed E-state index contributed by atoms with van der Waals surface area (Å²) in [5.74, 6) is -1.30. The summed E-state index contributed by atoms with van der Waals surface area (Å²) in [4.78, 5) is 30.3. The number of rotatable bonds is 10. The van der Waals surface area contributed by atoms with Crippen LogP contribution in [0.1, 0.15) is 27.9 Å². The van der Waals surface area contributed by atoms with E-state index in [1.807, 2.05) is 18.2 Å². The Labute approximate surface area is 216 Å². The minimum Gasteiger partial charge on any atom is -0.353 e. The molecule has 3 N–H and O–H groups in total. The van der Waals surface area contributed by atoms with Gasteiger partial charge in [-0.3, -0.25) is 14.5 Å². The predicted molar refractivity (Wildman–Crippen MR) is 139 cm³/mol. The molecule has 1 saturated heterocycles. The van der Waals surface area contributed by atoms with E-state index in [1.165, 1.54) is 42.0 Å². The highest BCUT2D eigenvalue weighted by Crippen LogP contribution is 2.26. The maximum Gasteiger partial charge on any atom is 0.254 e. The number of benzene rings is 3. The molecule has 1 heterocycles. The van der Waals surface area contributed by atoms with E-state index >= 15 is 0 Å². The number of nitrogens with zero attached hydrogens (tertiary/aromatic N) is 2. The van der Waals surface area contributed by atoms with Gasteiger partial charge < -0.3 is 16.0 Å². The Morgan fingerprint density at radius 3 is 2.22 bits per heavy atom. The van der Waals surface area contributed by atoms with Crippen LogP contribution in [0.2, 0.25) is 0 Å². The van der Waals surface area contributed by atoms with Crippen molar-refractivity contribution in [3.05, 3.63) is 107 Å². The van der Waals surface area contributed by atoms with Crippen LogP contribution in [-0.2, 0) is 17.8 Å². The van der Waals surface area contributed by atoms with Crippen molar-refractivity contribution in [1.29, 1.82) is 0 Å². The molecule has 0 saturated carbocycles. The summed E-state index contributed by atoms with van der Waals surface area (Å²) in [5.41, 5.74) is 8.03. The Morgan fingerprint density at radius 2 is 1.57 bits per heavy atom. The van der Waals surface area contributed by atoms with E-state index in [-0.39, 0.29) is 23.7 Å². The van der Waals surface area contributed by atoms with E-state index in [0.29, 0.717) is 44.7 Å². The molecular formula is C29H32F2N4O2. The molecule has 1 aliphatic rings. The van der Waals surface area contributed by atoms with Crippen LogP contribution in [-0.4, -0.2) is 59.9 Å². The second kappa shape index (κ2) is 12.6. The van der Waals surface area contributed by atoms with Crippen molar-refractivity contribution >= 4 is 11.8 Å². The second-order valence-corrected chi connectivity index (χ2v) is 9.28. The maximum absolute atomic E-state index is 13.5. The molecule has 3 aromatic carbocycles. The predicted octanol–water partition coefficient (Wildman–Crippen LogP) is 3.37. The molecular weight excluding hydrogens is 474 g/mol. The first-order valence-corrected chi connectivity index (χ1v) is 12.5. The van der Waals surface area contributed by atoms with Crippen molar-refractivity contribution in [3.63, 3.8) is 0 Å². The number of amides is 2. The lowest BCUT2D eigenvalue weighted by atomic mass is 10.1. The molecule has 4 rings (SSSR count). The summed E-state index contributed by atoms with van der Waals surface area (Å²) in [6.45, 7) is 2.19. The fourth-order valence-corrected chi connectivity index (χ4v) is 4.76. The fourth-order valence-electron chi connectivity index (χ4n) is 4.76. The van der Waals surface area contributed by atoms with Crippen LogP contribution in [0.25, 0.3) is 0 Å². The molecule has 2 amide bonds. The molecule has 1 fully saturated rings. The molecule has 194 valence electrons. The Bertz CT molecular complexity index is 1170. The number of halogens is 2. The van der Waals surface area contributed by atoms with Gasteiger partial charge in [-0.2, -0.15) is 0 Å². The zero-order chi connectivity index (χ0) is 26.2. The molecule has 0 aromatic heterocycles. The standard InChI is InChI=1S/C29H32F2N4O2/c30-24-10-6-22(7-11-24)19-34(17-14-21-4-2-1-3-5-21)26-18-27(28(36)33-16-15-32)35(20-26)29(37)23-8-12-25(31)13-9-23/h1-13,26-27H,14-20,32H2,(H,33,36). The van der Waals surface area contributed by atoms with Gasteiger partial charge in [0.1, 0.15) is 17.7 Å². The van der Waals surface area contributed by atoms with Crippen LogP contribution in [0.3, 0.4) is 0 Å². The summed E-state index contributed by atoms with van der Waals surface area (Å²) >= 11 is 0. The van der Waals surface area contributed by atoms with Crippen LogP contribution in [0.15, 0.2) is 78.9 Å². The SMILES string of the molecule is NCCNC(=O)C1CC(N(CCc2ccccc2)Cc2ccc(F)cc2)CN1C(=O)c1ccc(F)cc1. The van der Waals surface area contributed by atoms with Gasteiger partial charge in [0.15, 0.2) is 0 Å². The summed E-state index contributed by atoms with van der Waals surface area (Å²) in [6.07, 6.45) is 1.23. The number of hydrogen-bond acceptors (Lipinski definition) is 4. The fraction of sp³-hybridized carbons (Fsp3) is 0.310. The minimum absolute atomic E-state index is 0.105. The highest BCUT2D eigenvalue weighted by molar-refractivity contribution is 5.98. The Morgan fingerprint density at radius 1 is 0.919 bits per heavy atom. The minimum atomic E-state index is -0.679. The smallest absolute Gasteiger partial charge is 0.254 e. The molecule has 0 spiro atoms. The van der Waals surface area contributed by atoms with Crippen LogP contribution in [0, 0.1) is 11.6 Å². The van der Waals surface area contributed by atoms with Gasteiger partial charge in [0.25, 0.3) is 5.91 Å². The molecule has 37 heavy (non-hydrogen) atoms. The number of carbonyl (C=O) groups is 2. The number of nitrogens with two attached hydrogens (primary N) is 1. The van der Waals surface area contributed by atoms with Gasteiger partial charge in [-0.25, -0.2) is 8.78 Å². The Hall–Kier alpha value is -3.62. The lowest BCUT2D eigenvalue weighted by Crippen LogP contribution is -2.47. The molecule has 6 nitrogen and oxygen atoms in total. The first-order valence-electron chi connectivity index (χ1n) is 12.5. The summed E-state index contributed by atoms with van der Waals surface area (Å²) < 4.78 is 27.0. The summed E-state index contributed by atoms with van der Waals surface area (Å²) in [6, 6.07) is 21.1. The average molecular weight is 507 g/mol. The third kappa shape index (κ3) is 6.99. The summed E-state index contributed by atoms with van der Waals surface area (Å²) in [5, 5.41) is 2.81. The van der Waals surface area contributed by atoms with Crippen LogP contribution in [0.4, 0.5) is 8.78 Å². The van der Waals surface area contributed by atoms with Crippen LogP contribution in [0.5, 0.6) is 0 Å². The van der Waals surface area contributed by atoms with E-state index in [2.05, 4.69) is 22.3 Å². The molecule has 0 bridgehead atoms. The van der Waals surface area contributed by atoms with Gasteiger partial charge in [0.2, 0.25) is 5.91 Å². The Balaban J connectivity index is 1.58. The largest absolute Gasteiger partial charge is 0.353 e. The van der Waals surface area contributed by atoms with Gasteiger partial charge in [-0.15, -0.1) is 0 Å². The zero-order valence-electron chi connectivity index (χ0n) is 20.7. The van der Waals surface area contributed by atoms with Crippen molar-refractivity contribution in [3.8, 4) is 0 Å². The molecule has 8 heteroatoms. The van der Waals surface area contributed by atoms with Crippen molar-refractivity contribution in [2.24, 2.45) is 5.73 Å². The van der Waals surface area contributed by atoms with Gasteiger partial charge >= 0.3 is 0 Å². The highest BCUT2D eigenvalue weighted by atomic mass is 19.1. The molecule has 3 aromatic rings. The monoisotopic (exact) mass is 506 g/mol. The topological polar surface area (TPSA) is 78.7 Å². The lowest BCUT2D eigenvalue weighted by Gasteiger charge is -2.29. The van der Waals surface area contributed by atoms with Crippen molar-refractivity contribution in [2.45, 2.75) is 31.5 Å². The van der Waals surface area contributed by atoms with E-state index in [1.54, 1.807) is 17.0 Å². The first-order chi connectivity index (χ1) is 17.9. The summed E-state index contributed by atoms with van der Waals surface area (Å²) in [7, 11) is 0. The molecule has 0 aliphatic carbocycles. The Kier molecular flexibility index (Phi) is 8.98. The highest BCUT2D eigenvalue weighted by Gasteiger charge is 2.41. The molecule has 2 atom stereocenters. The van der Waals surface area contributed by atoms with E-state index in [4.69, 9.17) is 5.73 Å². The first kappa shape index (κ1) is 26.4. The third-order valence-corrected chi connectivity index (χ3v) is 6.72. The molecule has 1 aliphatic heterocycles. The quantitative estimate of drug-likeness (QED) is 0.442. The zero-order valence-corrected chi connectivity index (χ0v) is 20.7. The number of carbonyl (C=O) groups excluding carboxylic acids is 2. The number of hydrogen-bond donors (Lipinski definition) is 2. The maximum atomic E-state index is 13.5. The second-order valence-electron chi connectivity index (χ2n) is 9.28.